The first kappa shape index (κ1) is 17.2. The van der Waals surface area contributed by atoms with E-state index in [0.29, 0.717) is 18.4 Å². The Morgan fingerprint density at radius 2 is 2.00 bits per heavy atom. The van der Waals surface area contributed by atoms with Crippen molar-refractivity contribution >= 4 is 35.6 Å². The highest BCUT2D eigenvalue weighted by atomic mass is 127. The van der Waals surface area contributed by atoms with Crippen LogP contribution < -0.4 is 15.8 Å². The molecule has 0 bridgehead atoms. The Kier molecular flexibility index (Phi) is 6.93. The molecule has 0 aliphatic rings. The van der Waals surface area contributed by atoms with Gasteiger partial charge in [-0.15, -0.1) is 24.0 Å². The summed E-state index contributed by atoms with van der Waals surface area (Å²) in [7, 11) is 1.59. The van der Waals surface area contributed by atoms with E-state index in [-0.39, 0.29) is 24.0 Å². The molecule has 2 aromatic rings. The monoisotopic (exact) mass is 398 g/mol. The van der Waals surface area contributed by atoms with Crippen LogP contribution in [-0.4, -0.2) is 18.1 Å². The third-order valence-corrected chi connectivity index (χ3v) is 2.79. The number of rotatable bonds is 4. The fourth-order valence-electron chi connectivity index (χ4n) is 1.72. The molecule has 21 heavy (non-hydrogen) atoms. The number of nitrogens with zero attached hydrogens (tertiary/aromatic N) is 2. The topological polar surface area (TPSA) is 72.5 Å². The summed E-state index contributed by atoms with van der Waals surface area (Å²) in [4.78, 5) is 8.40. The average molecular weight is 398 g/mol. The maximum Gasteiger partial charge on any atom is 0.218 e. The minimum Gasteiger partial charge on any atom is -0.481 e. The van der Waals surface area contributed by atoms with Crippen LogP contribution in [0.2, 0.25) is 0 Å². The Balaban J connectivity index is 0.00000220. The maximum atomic E-state index is 5.86. The summed E-state index contributed by atoms with van der Waals surface area (Å²) >= 11 is 0. The Hall–Kier alpha value is -1.83. The molecule has 0 saturated carbocycles. The van der Waals surface area contributed by atoms with Crippen LogP contribution in [0.4, 0.5) is 5.69 Å². The second-order valence-corrected chi connectivity index (χ2v) is 4.36. The molecule has 2 rings (SSSR count). The van der Waals surface area contributed by atoms with E-state index in [1.165, 1.54) is 5.56 Å². The van der Waals surface area contributed by atoms with Gasteiger partial charge in [-0.1, -0.05) is 23.8 Å². The molecule has 1 heterocycles. The number of methoxy groups -OCH3 is 1. The fraction of sp³-hybridized carbons (Fsp3) is 0.200. The molecule has 3 N–H and O–H groups in total. The molecule has 112 valence electrons. The Labute approximate surface area is 141 Å². The normalized spacial score (nSPS) is 10.7. The van der Waals surface area contributed by atoms with Gasteiger partial charge in [0, 0.05) is 17.4 Å². The lowest BCUT2D eigenvalue weighted by Crippen LogP contribution is -2.22. The molecule has 0 unspecified atom stereocenters. The van der Waals surface area contributed by atoms with Gasteiger partial charge >= 0.3 is 0 Å². The summed E-state index contributed by atoms with van der Waals surface area (Å²) in [6, 6.07) is 11.7. The molecule has 0 spiro atoms. The van der Waals surface area contributed by atoms with Gasteiger partial charge in [-0.3, -0.25) is 0 Å². The molecule has 1 aromatic carbocycles. The van der Waals surface area contributed by atoms with Gasteiger partial charge in [0.15, 0.2) is 5.96 Å². The largest absolute Gasteiger partial charge is 0.481 e. The lowest BCUT2D eigenvalue weighted by molar-refractivity contribution is 0.392. The number of nitrogens with two attached hydrogens (primary N) is 1. The van der Waals surface area contributed by atoms with E-state index >= 15 is 0 Å². The third kappa shape index (κ3) is 5.22. The summed E-state index contributed by atoms with van der Waals surface area (Å²) in [5.74, 6) is 0.930. The van der Waals surface area contributed by atoms with Crippen molar-refractivity contribution in [2.24, 2.45) is 10.7 Å². The number of aromatic nitrogens is 1. The zero-order valence-electron chi connectivity index (χ0n) is 12.0. The van der Waals surface area contributed by atoms with Crippen molar-refractivity contribution in [1.82, 2.24) is 4.98 Å². The molecular weight excluding hydrogens is 379 g/mol. The first-order valence-corrected chi connectivity index (χ1v) is 6.30. The van der Waals surface area contributed by atoms with Crippen molar-refractivity contribution in [3.63, 3.8) is 0 Å². The molecule has 0 radical (unpaired) electrons. The minimum atomic E-state index is 0. The molecule has 5 nitrogen and oxygen atoms in total. The number of aryl methyl sites for hydroxylation is 1. The number of anilines is 1. The molecule has 6 heteroatoms. The van der Waals surface area contributed by atoms with Gasteiger partial charge in [0.25, 0.3) is 0 Å². The fourth-order valence-corrected chi connectivity index (χ4v) is 1.72. The summed E-state index contributed by atoms with van der Waals surface area (Å²) in [6.45, 7) is 2.46. The van der Waals surface area contributed by atoms with Crippen molar-refractivity contribution < 1.29 is 4.74 Å². The smallest absolute Gasteiger partial charge is 0.218 e. The first-order valence-electron chi connectivity index (χ1n) is 6.30. The minimum absolute atomic E-state index is 0. The van der Waals surface area contributed by atoms with Crippen LogP contribution in [0.1, 0.15) is 11.1 Å². The van der Waals surface area contributed by atoms with Crippen LogP contribution in [0.3, 0.4) is 0 Å². The standard InChI is InChI=1S/C15H18N4O.HI/c1-11-5-7-13(8-6-11)19-15(16)18-10-12-4-3-9-17-14(12)20-2;/h3-9H,10H2,1-2H3,(H3,16,18,19);1H. The van der Waals surface area contributed by atoms with Gasteiger partial charge in [-0.25, -0.2) is 9.98 Å². The highest BCUT2D eigenvalue weighted by Gasteiger charge is 2.02. The van der Waals surface area contributed by atoms with Crippen molar-refractivity contribution in [2.45, 2.75) is 13.5 Å². The van der Waals surface area contributed by atoms with Gasteiger partial charge in [0.2, 0.25) is 5.88 Å². The van der Waals surface area contributed by atoms with Gasteiger partial charge < -0.3 is 15.8 Å². The second kappa shape index (κ2) is 8.46. The molecule has 0 amide bonds. The molecular formula is C15H19IN4O. The number of hydrogen-bond donors (Lipinski definition) is 2. The number of halogens is 1. The number of hydrogen-bond acceptors (Lipinski definition) is 3. The first-order chi connectivity index (χ1) is 9.69. The zero-order valence-corrected chi connectivity index (χ0v) is 14.4. The van der Waals surface area contributed by atoms with Crippen molar-refractivity contribution in [3.05, 3.63) is 53.7 Å². The lowest BCUT2D eigenvalue weighted by atomic mass is 10.2. The van der Waals surface area contributed by atoms with Crippen LogP contribution in [0.15, 0.2) is 47.6 Å². The second-order valence-electron chi connectivity index (χ2n) is 4.36. The number of pyridine rings is 1. The quantitative estimate of drug-likeness (QED) is 0.472. The summed E-state index contributed by atoms with van der Waals surface area (Å²) in [6.07, 6.45) is 1.68. The average Bonchev–Trinajstić information content (AvgIpc) is 2.48. The van der Waals surface area contributed by atoms with Gasteiger partial charge in [-0.05, 0) is 25.1 Å². The van der Waals surface area contributed by atoms with E-state index in [9.17, 15) is 0 Å². The van der Waals surface area contributed by atoms with Crippen molar-refractivity contribution in [2.75, 3.05) is 12.4 Å². The van der Waals surface area contributed by atoms with Gasteiger partial charge in [0.1, 0.15) is 0 Å². The predicted octanol–water partition coefficient (Wildman–Crippen LogP) is 2.94. The van der Waals surface area contributed by atoms with Crippen LogP contribution >= 0.6 is 24.0 Å². The van der Waals surface area contributed by atoms with E-state index in [2.05, 4.69) is 15.3 Å². The van der Waals surface area contributed by atoms with E-state index < -0.39 is 0 Å². The Bertz CT molecular complexity index is 599. The molecule has 0 atom stereocenters. The van der Waals surface area contributed by atoms with Crippen molar-refractivity contribution in [1.29, 1.82) is 0 Å². The summed E-state index contributed by atoms with van der Waals surface area (Å²) < 4.78 is 5.17. The van der Waals surface area contributed by atoms with E-state index in [1.807, 2.05) is 43.3 Å². The van der Waals surface area contributed by atoms with E-state index in [4.69, 9.17) is 10.5 Å². The molecule has 0 fully saturated rings. The van der Waals surface area contributed by atoms with Crippen LogP contribution in [0.25, 0.3) is 0 Å². The zero-order chi connectivity index (χ0) is 14.4. The Morgan fingerprint density at radius 3 is 2.67 bits per heavy atom. The number of nitrogens with one attached hydrogen (secondary N) is 1. The van der Waals surface area contributed by atoms with Gasteiger partial charge in [0.05, 0.1) is 13.7 Å². The van der Waals surface area contributed by atoms with Crippen LogP contribution in [-0.2, 0) is 6.54 Å². The number of aliphatic imine (C=N–C) groups is 1. The molecule has 0 aliphatic heterocycles. The molecule has 1 aromatic heterocycles. The van der Waals surface area contributed by atoms with Gasteiger partial charge in [-0.2, -0.15) is 0 Å². The summed E-state index contributed by atoms with van der Waals surface area (Å²) in [5, 5.41) is 3.04. The van der Waals surface area contributed by atoms with E-state index in [0.717, 1.165) is 11.3 Å². The highest BCUT2D eigenvalue weighted by molar-refractivity contribution is 14.0. The van der Waals surface area contributed by atoms with Crippen LogP contribution in [0.5, 0.6) is 5.88 Å². The summed E-state index contributed by atoms with van der Waals surface area (Å²) in [5.41, 5.74) is 8.87. The maximum absolute atomic E-state index is 5.86. The Morgan fingerprint density at radius 1 is 1.29 bits per heavy atom. The number of ether oxygens (including phenoxy) is 1. The lowest BCUT2D eigenvalue weighted by Gasteiger charge is -2.07. The number of benzene rings is 1. The predicted molar refractivity (Wildman–Crippen MR) is 96.3 cm³/mol. The van der Waals surface area contributed by atoms with E-state index in [1.54, 1.807) is 13.3 Å². The number of guanidine groups is 1. The molecule has 0 saturated heterocycles. The van der Waals surface area contributed by atoms with Crippen LogP contribution in [0, 0.1) is 6.92 Å². The SMILES string of the molecule is COc1ncccc1CN=C(N)Nc1ccc(C)cc1.I. The van der Waals surface area contributed by atoms with Crippen molar-refractivity contribution in [3.8, 4) is 5.88 Å². The molecule has 0 aliphatic carbocycles. The highest BCUT2D eigenvalue weighted by Crippen LogP contribution is 2.14. The third-order valence-electron chi connectivity index (χ3n) is 2.79.